The molecule has 0 aliphatic carbocycles. The molecule has 1 atom stereocenters. The van der Waals surface area contributed by atoms with Crippen LogP contribution in [0.4, 0.5) is 0 Å². The molecule has 1 N–H and O–H groups in total. The number of nitrogens with one attached hydrogen (secondary N) is 1. The van der Waals surface area contributed by atoms with E-state index in [1.165, 1.54) is 12.7 Å². The summed E-state index contributed by atoms with van der Waals surface area (Å²) in [5, 5.41) is 4.15. The van der Waals surface area contributed by atoms with E-state index in [0.29, 0.717) is 5.56 Å². The van der Waals surface area contributed by atoms with Crippen molar-refractivity contribution in [3.8, 4) is 0 Å². The number of para-hydroxylation sites is 1. The van der Waals surface area contributed by atoms with E-state index < -0.39 is 0 Å². The van der Waals surface area contributed by atoms with Gasteiger partial charge in [0.15, 0.2) is 0 Å². The molecule has 0 saturated heterocycles. The number of esters is 1. The molecule has 0 bridgehead atoms. The molecule has 4 heteroatoms. The van der Waals surface area contributed by atoms with Crippen LogP contribution in [0.15, 0.2) is 60.8 Å². The molecule has 1 aromatic heterocycles. The summed E-state index contributed by atoms with van der Waals surface area (Å²) in [5.41, 5.74) is 2.88. The Hall–Kier alpha value is -2.59. The fraction of sp³-hybridized carbons (Fsp3) is 0.250. The molecule has 0 aliphatic rings. The number of benzene rings is 2. The Morgan fingerprint density at radius 2 is 1.83 bits per heavy atom. The van der Waals surface area contributed by atoms with Crippen LogP contribution in [0.2, 0.25) is 0 Å². The maximum atomic E-state index is 12.2. The SMILES string of the molecule is CNCCC(c1ccccc1)n1cc(C(=O)OC)c2ccccc21. The van der Waals surface area contributed by atoms with Crippen LogP contribution in [-0.4, -0.2) is 31.2 Å². The van der Waals surface area contributed by atoms with Gasteiger partial charge in [0.05, 0.1) is 18.7 Å². The van der Waals surface area contributed by atoms with E-state index in [0.717, 1.165) is 23.9 Å². The summed E-state index contributed by atoms with van der Waals surface area (Å²) in [6.07, 6.45) is 2.85. The largest absolute Gasteiger partial charge is 0.465 e. The lowest BCUT2D eigenvalue weighted by molar-refractivity contribution is 0.0602. The molecule has 4 nitrogen and oxygen atoms in total. The molecule has 0 saturated carbocycles. The van der Waals surface area contributed by atoms with E-state index in [1.54, 1.807) is 0 Å². The smallest absolute Gasteiger partial charge is 0.340 e. The molecule has 2 aromatic carbocycles. The first-order chi connectivity index (χ1) is 11.8. The third-order valence-electron chi connectivity index (χ3n) is 4.33. The fourth-order valence-electron chi connectivity index (χ4n) is 3.16. The summed E-state index contributed by atoms with van der Waals surface area (Å²) in [6.45, 7) is 0.889. The molecule has 0 radical (unpaired) electrons. The Morgan fingerprint density at radius 1 is 1.12 bits per heavy atom. The number of carbonyl (C=O) groups excluding carboxylic acids is 1. The van der Waals surface area contributed by atoms with Gasteiger partial charge in [0, 0.05) is 17.1 Å². The number of hydrogen-bond donors (Lipinski definition) is 1. The minimum Gasteiger partial charge on any atom is -0.465 e. The minimum atomic E-state index is -0.301. The van der Waals surface area contributed by atoms with Crippen molar-refractivity contribution in [2.24, 2.45) is 0 Å². The molecule has 124 valence electrons. The number of carbonyl (C=O) groups is 1. The Kier molecular flexibility index (Phi) is 4.96. The number of fused-ring (bicyclic) bond motifs is 1. The summed E-state index contributed by atoms with van der Waals surface area (Å²) >= 11 is 0. The molecular formula is C20H22N2O2. The summed E-state index contributed by atoms with van der Waals surface area (Å²) in [6, 6.07) is 18.5. The molecule has 3 rings (SSSR count). The quantitative estimate of drug-likeness (QED) is 0.705. The van der Waals surface area contributed by atoms with Gasteiger partial charge in [-0.1, -0.05) is 48.5 Å². The van der Waals surface area contributed by atoms with E-state index in [2.05, 4.69) is 40.2 Å². The minimum absolute atomic E-state index is 0.155. The number of hydrogen-bond acceptors (Lipinski definition) is 3. The zero-order chi connectivity index (χ0) is 16.9. The maximum absolute atomic E-state index is 12.2. The highest BCUT2D eigenvalue weighted by Gasteiger charge is 2.20. The predicted molar refractivity (Wildman–Crippen MR) is 96.4 cm³/mol. The van der Waals surface area contributed by atoms with Crippen molar-refractivity contribution in [2.75, 3.05) is 20.7 Å². The Labute approximate surface area is 142 Å². The second-order valence-corrected chi connectivity index (χ2v) is 5.78. The third-order valence-corrected chi connectivity index (χ3v) is 4.33. The van der Waals surface area contributed by atoms with Crippen molar-refractivity contribution in [3.05, 3.63) is 71.9 Å². The lowest BCUT2D eigenvalue weighted by atomic mass is 10.0. The van der Waals surface area contributed by atoms with Gasteiger partial charge in [-0.2, -0.15) is 0 Å². The molecule has 0 aliphatic heterocycles. The Morgan fingerprint density at radius 3 is 2.54 bits per heavy atom. The number of rotatable bonds is 6. The first-order valence-corrected chi connectivity index (χ1v) is 8.13. The summed E-state index contributed by atoms with van der Waals surface area (Å²) in [7, 11) is 3.37. The Bertz CT molecular complexity index is 824. The maximum Gasteiger partial charge on any atom is 0.340 e. The van der Waals surface area contributed by atoms with Crippen LogP contribution < -0.4 is 5.32 Å². The van der Waals surface area contributed by atoms with Crippen LogP contribution >= 0.6 is 0 Å². The van der Waals surface area contributed by atoms with Crippen LogP contribution in [0.5, 0.6) is 0 Å². The van der Waals surface area contributed by atoms with Gasteiger partial charge in [0.1, 0.15) is 0 Å². The number of ether oxygens (including phenoxy) is 1. The first-order valence-electron chi connectivity index (χ1n) is 8.13. The highest BCUT2D eigenvalue weighted by molar-refractivity contribution is 6.04. The average Bonchev–Trinajstić information content (AvgIpc) is 3.02. The van der Waals surface area contributed by atoms with Crippen molar-refractivity contribution in [1.29, 1.82) is 0 Å². The van der Waals surface area contributed by atoms with Gasteiger partial charge in [-0.15, -0.1) is 0 Å². The highest BCUT2D eigenvalue weighted by atomic mass is 16.5. The number of nitrogens with zero attached hydrogens (tertiary/aromatic N) is 1. The standard InChI is InChI=1S/C20H22N2O2/c1-21-13-12-18(15-8-4-3-5-9-15)22-14-17(20(23)24-2)16-10-6-7-11-19(16)22/h3-11,14,18,21H,12-13H2,1-2H3. The summed E-state index contributed by atoms with van der Waals surface area (Å²) in [5.74, 6) is -0.301. The van der Waals surface area contributed by atoms with Crippen LogP contribution in [0.3, 0.4) is 0 Å². The van der Waals surface area contributed by atoms with Gasteiger partial charge < -0.3 is 14.6 Å². The van der Waals surface area contributed by atoms with E-state index in [9.17, 15) is 4.79 Å². The van der Waals surface area contributed by atoms with Crippen LogP contribution in [0.1, 0.15) is 28.4 Å². The monoisotopic (exact) mass is 322 g/mol. The second-order valence-electron chi connectivity index (χ2n) is 5.78. The third kappa shape index (κ3) is 3.05. The molecule has 1 unspecified atom stereocenters. The van der Waals surface area contributed by atoms with E-state index in [1.807, 2.05) is 37.5 Å². The summed E-state index contributed by atoms with van der Waals surface area (Å²) in [4.78, 5) is 12.2. The lowest BCUT2D eigenvalue weighted by Crippen LogP contribution is -2.17. The van der Waals surface area contributed by atoms with Crippen LogP contribution in [0, 0.1) is 0 Å². The Balaban J connectivity index is 2.15. The zero-order valence-corrected chi connectivity index (χ0v) is 14.0. The van der Waals surface area contributed by atoms with Gasteiger partial charge in [-0.3, -0.25) is 0 Å². The topological polar surface area (TPSA) is 43.3 Å². The molecule has 0 spiro atoms. The van der Waals surface area contributed by atoms with E-state index in [-0.39, 0.29) is 12.0 Å². The lowest BCUT2D eigenvalue weighted by Gasteiger charge is -2.21. The molecule has 0 fully saturated rings. The van der Waals surface area contributed by atoms with Crippen LogP contribution in [-0.2, 0) is 4.74 Å². The molecule has 24 heavy (non-hydrogen) atoms. The second kappa shape index (κ2) is 7.32. The van der Waals surface area contributed by atoms with Crippen molar-refractivity contribution in [1.82, 2.24) is 9.88 Å². The van der Waals surface area contributed by atoms with Gasteiger partial charge in [-0.05, 0) is 31.6 Å². The molecule has 3 aromatic rings. The normalized spacial score (nSPS) is 12.2. The molecule has 0 amide bonds. The molecule has 1 heterocycles. The van der Waals surface area contributed by atoms with Gasteiger partial charge in [0.2, 0.25) is 0 Å². The fourth-order valence-corrected chi connectivity index (χ4v) is 3.16. The molecular weight excluding hydrogens is 300 g/mol. The van der Waals surface area contributed by atoms with E-state index >= 15 is 0 Å². The van der Waals surface area contributed by atoms with Gasteiger partial charge >= 0.3 is 5.97 Å². The van der Waals surface area contributed by atoms with Crippen molar-refractivity contribution in [2.45, 2.75) is 12.5 Å². The number of aromatic nitrogens is 1. The van der Waals surface area contributed by atoms with E-state index in [4.69, 9.17) is 4.74 Å². The highest BCUT2D eigenvalue weighted by Crippen LogP contribution is 2.30. The van der Waals surface area contributed by atoms with Crippen molar-refractivity contribution < 1.29 is 9.53 Å². The number of methoxy groups -OCH3 is 1. The first kappa shape index (κ1) is 16.3. The van der Waals surface area contributed by atoms with Crippen molar-refractivity contribution >= 4 is 16.9 Å². The summed E-state index contributed by atoms with van der Waals surface area (Å²) < 4.78 is 7.15. The zero-order valence-electron chi connectivity index (χ0n) is 14.0. The van der Waals surface area contributed by atoms with Gasteiger partial charge in [-0.25, -0.2) is 4.79 Å². The van der Waals surface area contributed by atoms with Crippen molar-refractivity contribution in [3.63, 3.8) is 0 Å². The average molecular weight is 322 g/mol. The van der Waals surface area contributed by atoms with Gasteiger partial charge in [0.25, 0.3) is 0 Å². The van der Waals surface area contributed by atoms with Crippen LogP contribution in [0.25, 0.3) is 10.9 Å². The predicted octanol–water partition coefficient (Wildman–Crippen LogP) is 3.63.